The molecule has 2 aromatic rings. The van der Waals surface area contributed by atoms with Crippen molar-refractivity contribution in [2.45, 2.75) is 26.2 Å². The average molecular weight is 295 g/mol. The van der Waals surface area contributed by atoms with Crippen molar-refractivity contribution in [1.29, 1.82) is 0 Å². The second-order valence-corrected chi connectivity index (χ2v) is 6.61. The van der Waals surface area contributed by atoms with E-state index in [2.05, 4.69) is 0 Å². The van der Waals surface area contributed by atoms with Gasteiger partial charge in [-0.25, -0.2) is 17.2 Å². The van der Waals surface area contributed by atoms with E-state index < -0.39 is 16.0 Å². The number of rotatable bonds is 5. The molecular formula is C14H17NO4S. The molecular weight excluding hydrogens is 278 g/mol. The lowest BCUT2D eigenvalue weighted by molar-refractivity contribution is 0.0698. The SMILES string of the molecule is CCCCc1c(C(=O)O)c2ccccc2n1S(C)(=O)=O. The number of unbranched alkanes of at least 4 members (excludes halogenated alkanes) is 1. The van der Waals surface area contributed by atoms with Crippen LogP contribution in [-0.4, -0.2) is 29.7 Å². The Hall–Kier alpha value is -1.82. The summed E-state index contributed by atoms with van der Waals surface area (Å²) < 4.78 is 25.2. The lowest BCUT2D eigenvalue weighted by Crippen LogP contribution is -2.15. The van der Waals surface area contributed by atoms with Crippen LogP contribution in [0.3, 0.4) is 0 Å². The van der Waals surface area contributed by atoms with E-state index in [1.54, 1.807) is 24.3 Å². The zero-order valence-corrected chi connectivity index (χ0v) is 12.3. The summed E-state index contributed by atoms with van der Waals surface area (Å²) in [7, 11) is -3.55. The lowest BCUT2D eigenvalue weighted by Gasteiger charge is -2.08. The van der Waals surface area contributed by atoms with Crippen LogP contribution in [0, 0.1) is 0 Å². The van der Waals surface area contributed by atoms with Crippen molar-refractivity contribution in [2.24, 2.45) is 0 Å². The molecule has 6 heteroatoms. The van der Waals surface area contributed by atoms with E-state index in [0.29, 0.717) is 23.0 Å². The third-order valence-corrected chi connectivity index (χ3v) is 4.32. The van der Waals surface area contributed by atoms with Crippen molar-refractivity contribution in [3.8, 4) is 0 Å². The molecule has 1 heterocycles. The molecule has 0 spiro atoms. The number of aromatic carboxylic acids is 1. The van der Waals surface area contributed by atoms with Crippen LogP contribution in [0.15, 0.2) is 24.3 Å². The van der Waals surface area contributed by atoms with Gasteiger partial charge in [-0.3, -0.25) is 0 Å². The maximum atomic E-state index is 12.0. The van der Waals surface area contributed by atoms with Gasteiger partial charge in [0.1, 0.15) is 0 Å². The number of fused-ring (bicyclic) bond motifs is 1. The third kappa shape index (κ3) is 2.43. The molecule has 0 saturated carbocycles. The van der Waals surface area contributed by atoms with Crippen LogP contribution in [0.25, 0.3) is 10.9 Å². The Morgan fingerprint density at radius 3 is 2.50 bits per heavy atom. The normalized spacial score (nSPS) is 11.9. The molecule has 0 amide bonds. The van der Waals surface area contributed by atoms with Crippen LogP contribution in [0.4, 0.5) is 0 Å². The van der Waals surface area contributed by atoms with Gasteiger partial charge in [-0.1, -0.05) is 31.5 Å². The summed E-state index contributed by atoms with van der Waals surface area (Å²) in [4.78, 5) is 11.5. The summed E-state index contributed by atoms with van der Waals surface area (Å²) in [6.45, 7) is 1.98. The highest BCUT2D eigenvalue weighted by molar-refractivity contribution is 7.89. The van der Waals surface area contributed by atoms with Gasteiger partial charge in [0, 0.05) is 11.1 Å². The first-order valence-corrected chi connectivity index (χ1v) is 8.29. The summed E-state index contributed by atoms with van der Waals surface area (Å²) in [6, 6.07) is 6.71. The topological polar surface area (TPSA) is 76.4 Å². The predicted molar refractivity (Wildman–Crippen MR) is 77.8 cm³/mol. The third-order valence-electron chi connectivity index (χ3n) is 3.24. The molecule has 0 aliphatic carbocycles. The van der Waals surface area contributed by atoms with Crippen LogP contribution in [-0.2, 0) is 16.4 Å². The number of carboxylic acids is 1. The van der Waals surface area contributed by atoms with Crippen LogP contribution in [0.5, 0.6) is 0 Å². The number of benzene rings is 1. The minimum atomic E-state index is -3.55. The lowest BCUT2D eigenvalue weighted by atomic mass is 10.1. The molecule has 0 aliphatic heterocycles. The van der Waals surface area contributed by atoms with Gasteiger partial charge in [0.2, 0.25) is 10.0 Å². The first-order chi connectivity index (χ1) is 9.38. The second kappa shape index (κ2) is 5.28. The fraction of sp³-hybridized carbons (Fsp3) is 0.357. The molecule has 0 saturated heterocycles. The molecule has 20 heavy (non-hydrogen) atoms. The van der Waals surface area contributed by atoms with E-state index in [1.165, 1.54) is 3.97 Å². The number of carbonyl (C=O) groups is 1. The fourth-order valence-electron chi connectivity index (χ4n) is 2.45. The summed E-state index contributed by atoms with van der Waals surface area (Å²) in [5.74, 6) is -1.09. The number of aromatic nitrogens is 1. The van der Waals surface area contributed by atoms with Crippen molar-refractivity contribution >= 4 is 26.9 Å². The van der Waals surface area contributed by atoms with Gasteiger partial charge in [0.25, 0.3) is 0 Å². The Morgan fingerprint density at radius 1 is 1.30 bits per heavy atom. The second-order valence-electron chi connectivity index (χ2n) is 4.77. The highest BCUT2D eigenvalue weighted by atomic mass is 32.2. The minimum absolute atomic E-state index is 0.0967. The molecule has 5 nitrogen and oxygen atoms in total. The van der Waals surface area contributed by atoms with Gasteiger partial charge < -0.3 is 5.11 Å². The molecule has 1 aromatic heterocycles. The Bertz CT molecular complexity index is 759. The molecule has 0 radical (unpaired) electrons. The maximum Gasteiger partial charge on any atom is 0.338 e. The van der Waals surface area contributed by atoms with Gasteiger partial charge in [-0.05, 0) is 18.9 Å². The summed E-state index contributed by atoms with van der Waals surface area (Å²) in [5.41, 5.74) is 0.890. The van der Waals surface area contributed by atoms with Crippen LogP contribution in [0.2, 0.25) is 0 Å². The van der Waals surface area contributed by atoms with Gasteiger partial charge in [0.15, 0.2) is 0 Å². The molecule has 2 rings (SSSR count). The Balaban J connectivity index is 2.89. The molecule has 0 bridgehead atoms. The Morgan fingerprint density at radius 2 is 1.95 bits per heavy atom. The van der Waals surface area contributed by atoms with E-state index in [0.717, 1.165) is 19.1 Å². The molecule has 1 N–H and O–H groups in total. The Kier molecular flexibility index (Phi) is 3.85. The molecule has 1 aromatic carbocycles. The van der Waals surface area contributed by atoms with Crippen LogP contribution >= 0.6 is 0 Å². The molecule has 0 unspecified atom stereocenters. The number of hydrogen-bond acceptors (Lipinski definition) is 3. The first-order valence-electron chi connectivity index (χ1n) is 6.44. The molecule has 0 fully saturated rings. The van der Waals surface area contributed by atoms with Crippen molar-refractivity contribution in [1.82, 2.24) is 3.97 Å². The predicted octanol–water partition coefficient (Wildman–Crippen LogP) is 2.49. The van der Waals surface area contributed by atoms with E-state index in [-0.39, 0.29) is 5.56 Å². The van der Waals surface area contributed by atoms with E-state index in [9.17, 15) is 18.3 Å². The summed E-state index contributed by atoms with van der Waals surface area (Å²) in [6.07, 6.45) is 3.14. The van der Waals surface area contributed by atoms with Gasteiger partial charge in [-0.2, -0.15) is 0 Å². The zero-order chi connectivity index (χ0) is 14.9. The maximum absolute atomic E-state index is 12.0. The molecule has 0 aliphatic rings. The fourth-order valence-corrected chi connectivity index (χ4v) is 3.55. The van der Waals surface area contributed by atoms with Crippen molar-refractivity contribution < 1.29 is 18.3 Å². The minimum Gasteiger partial charge on any atom is -0.478 e. The van der Waals surface area contributed by atoms with Gasteiger partial charge in [-0.15, -0.1) is 0 Å². The number of carboxylic acid groups (broad SMARTS) is 1. The molecule has 108 valence electrons. The quantitative estimate of drug-likeness (QED) is 0.919. The summed E-state index contributed by atoms with van der Waals surface area (Å²) >= 11 is 0. The average Bonchev–Trinajstić information content (AvgIpc) is 2.69. The number of hydrogen-bond donors (Lipinski definition) is 1. The van der Waals surface area contributed by atoms with E-state index in [4.69, 9.17) is 0 Å². The smallest absolute Gasteiger partial charge is 0.338 e. The highest BCUT2D eigenvalue weighted by Gasteiger charge is 2.25. The van der Waals surface area contributed by atoms with Gasteiger partial charge >= 0.3 is 5.97 Å². The monoisotopic (exact) mass is 295 g/mol. The van der Waals surface area contributed by atoms with Crippen molar-refractivity contribution in [3.63, 3.8) is 0 Å². The first kappa shape index (κ1) is 14.6. The highest BCUT2D eigenvalue weighted by Crippen LogP contribution is 2.29. The number of nitrogens with zero attached hydrogens (tertiary/aromatic N) is 1. The summed E-state index contributed by atoms with van der Waals surface area (Å²) in [5, 5.41) is 9.90. The standard InChI is InChI=1S/C14H17NO4S/c1-3-4-8-12-13(14(16)17)10-7-5-6-9-11(10)15(12)20(2,18)19/h5-7,9H,3-4,8H2,1-2H3,(H,16,17). The van der Waals surface area contributed by atoms with Crippen LogP contribution in [0.1, 0.15) is 35.8 Å². The zero-order valence-electron chi connectivity index (χ0n) is 11.5. The Labute approximate surface area is 117 Å². The van der Waals surface area contributed by atoms with Gasteiger partial charge in [0.05, 0.1) is 17.3 Å². The van der Waals surface area contributed by atoms with Crippen molar-refractivity contribution in [3.05, 3.63) is 35.5 Å². The van der Waals surface area contributed by atoms with E-state index >= 15 is 0 Å². The molecule has 0 atom stereocenters. The largest absolute Gasteiger partial charge is 0.478 e. The van der Waals surface area contributed by atoms with Crippen LogP contribution < -0.4 is 0 Å². The van der Waals surface area contributed by atoms with E-state index in [1.807, 2.05) is 6.92 Å². The number of para-hydroxylation sites is 1. The van der Waals surface area contributed by atoms with Crippen molar-refractivity contribution in [2.75, 3.05) is 6.26 Å².